The first-order valence-electron chi connectivity index (χ1n) is 5.20. The fourth-order valence-corrected chi connectivity index (χ4v) is 2.95. The van der Waals surface area contributed by atoms with Crippen LogP contribution in [0.5, 0.6) is 0 Å². The zero-order valence-corrected chi connectivity index (χ0v) is 11.0. The molecule has 0 atom stereocenters. The number of thiophene rings is 1. The van der Waals surface area contributed by atoms with Crippen molar-refractivity contribution in [3.63, 3.8) is 0 Å². The summed E-state index contributed by atoms with van der Waals surface area (Å²) in [7, 11) is 1.96. The normalized spacial score (nSPS) is 10.7. The number of aryl methyl sites for hydroxylation is 1. The van der Waals surface area contributed by atoms with Gasteiger partial charge in [0.15, 0.2) is 0 Å². The standard InChI is InChI=1S/C13H14ClNS/c1-9-3-4-10(8-15-2)7-11(9)13-12(14)5-6-16-13/h3-7,15H,8H2,1-2H3. The van der Waals surface area contributed by atoms with E-state index >= 15 is 0 Å². The number of hydrogen-bond donors (Lipinski definition) is 1. The Hall–Kier alpha value is -0.830. The third-order valence-corrected chi connectivity index (χ3v) is 3.92. The first-order chi connectivity index (χ1) is 7.72. The summed E-state index contributed by atoms with van der Waals surface area (Å²) < 4.78 is 0. The SMILES string of the molecule is CNCc1ccc(C)c(-c2sccc2Cl)c1. The monoisotopic (exact) mass is 251 g/mol. The molecule has 0 saturated carbocycles. The molecule has 1 aromatic heterocycles. The van der Waals surface area contributed by atoms with Crippen LogP contribution < -0.4 is 5.32 Å². The molecule has 1 nitrogen and oxygen atoms in total. The fraction of sp³-hybridized carbons (Fsp3) is 0.231. The molecule has 0 aliphatic carbocycles. The van der Waals surface area contributed by atoms with Gasteiger partial charge in [0, 0.05) is 6.54 Å². The lowest BCUT2D eigenvalue weighted by atomic mass is 10.0. The zero-order chi connectivity index (χ0) is 11.5. The first-order valence-corrected chi connectivity index (χ1v) is 6.45. The molecule has 0 spiro atoms. The molecule has 0 aliphatic rings. The van der Waals surface area contributed by atoms with Gasteiger partial charge in [-0.3, -0.25) is 0 Å². The third kappa shape index (κ3) is 2.29. The Morgan fingerprint density at radius 3 is 2.75 bits per heavy atom. The van der Waals surface area contributed by atoms with Gasteiger partial charge in [-0.25, -0.2) is 0 Å². The van der Waals surface area contributed by atoms with Crippen LogP contribution in [0.2, 0.25) is 5.02 Å². The van der Waals surface area contributed by atoms with E-state index in [2.05, 4.69) is 30.4 Å². The molecule has 84 valence electrons. The summed E-state index contributed by atoms with van der Waals surface area (Å²) in [5, 5.41) is 6.03. The largest absolute Gasteiger partial charge is 0.316 e. The highest BCUT2D eigenvalue weighted by atomic mass is 35.5. The van der Waals surface area contributed by atoms with Crippen molar-refractivity contribution >= 4 is 22.9 Å². The van der Waals surface area contributed by atoms with Gasteiger partial charge in [0.05, 0.1) is 9.90 Å². The maximum Gasteiger partial charge on any atom is 0.0592 e. The molecule has 16 heavy (non-hydrogen) atoms. The van der Waals surface area contributed by atoms with Crippen molar-refractivity contribution in [1.82, 2.24) is 5.32 Å². The van der Waals surface area contributed by atoms with E-state index in [1.165, 1.54) is 16.7 Å². The summed E-state index contributed by atoms with van der Waals surface area (Å²) in [6.45, 7) is 3.00. The van der Waals surface area contributed by atoms with Crippen LogP contribution in [0.1, 0.15) is 11.1 Å². The Morgan fingerprint density at radius 1 is 1.31 bits per heavy atom. The highest BCUT2D eigenvalue weighted by Crippen LogP contribution is 2.35. The van der Waals surface area contributed by atoms with E-state index in [1.54, 1.807) is 11.3 Å². The van der Waals surface area contributed by atoms with Gasteiger partial charge in [0.2, 0.25) is 0 Å². The van der Waals surface area contributed by atoms with Crippen molar-refractivity contribution in [1.29, 1.82) is 0 Å². The lowest BCUT2D eigenvalue weighted by molar-refractivity contribution is 0.818. The van der Waals surface area contributed by atoms with Crippen molar-refractivity contribution in [2.75, 3.05) is 7.05 Å². The van der Waals surface area contributed by atoms with Crippen LogP contribution in [0.4, 0.5) is 0 Å². The minimum absolute atomic E-state index is 0.842. The second kappa shape index (κ2) is 5.00. The Kier molecular flexibility index (Phi) is 3.64. The van der Waals surface area contributed by atoms with E-state index in [-0.39, 0.29) is 0 Å². The summed E-state index contributed by atoms with van der Waals surface area (Å²) in [6, 6.07) is 8.46. The molecule has 0 fully saturated rings. The zero-order valence-electron chi connectivity index (χ0n) is 9.38. The number of nitrogens with one attached hydrogen (secondary N) is 1. The molecule has 0 amide bonds. The molecule has 3 heteroatoms. The first kappa shape index (κ1) is 11.6. The number of benzene rings is 1. The van der Waals surface area contributed by atoms with Crippen LogP contribution in [-0.4, -0.2) is 7.05 Å². The average molecular weight is 252 g/mol. The van der Waals surface area contributed by atoms with Crippen molar-refractivity contribution in [2.24, 2.45) is 0 Å². The van der Waals surface area contributed by atoms with Crippen molar-refractivity contribution in [3.05, 3.63) is 45.8 Å². The average Bonchev–Trinajstić information content (AvgIpc) is 2.68. The van der Waals surface area contributed by atoms with Crippen LogP contribution in [0.15, 0.2) is 29.6 Å². The van der Waals surface area contributed by atoms with Gasteiger partial charge in [-0.1, -0.05) is 23.7 Å². The van der Waals surface area contributed by atoms with Crippen molar-refractivity contribution < 1.29 is 0 Å². The predicted octanol–water partition coefficient (Wildman–Crippen LogP) is 4.10. The molecular weight excluding hydrogens is 238 g/mol. The van der Waals surface area contributed by atoms with E-state index < -0.39 is 0 Å². The molecule has 0 bridgehead atoms. The Balaban J connectivity index is 2.47. The molecule has 0 saturated heterocycles. The highest BCUT2D eigenvalue weighted by Gasteiger charge is 2.08. The summed E-state index contributed by atoms with van der Waals surface area (Å²) in [5.74, 6) is 0. The molecule has 1 heterocycles. The number of rotatable bonds is 3. The molecule has 0 radical (unpaired) electrons. The Morgan fingerprint density at radius 2 is 2.12 bits per heavy atom. The smallest absolute Gasteiger partial charge is 0.0592 e. The predicted molar refractivity (Wildman–Crippen MR) is 72.3 cm³/mol. The lowest BCUT2D eigenvalue weighted by Gasteiger charge is -2.07. The third-order valence-electron chi connectivity index (χ3n) is 2.54. The summed E-state index contributed by atoms with van der Waals surface area (Å²) >= 11 is 7.86. The van der Waals surface area contributed by atoms with Crippen LogP contribution in [0, 0.1) is 6.92 Å². The van der Waals surface area contributed by atoms with Gasteiger partial charge < -0.3 is 5.32 Å². The second-order valence-electron chi connectivity index (χ2n) is 3.78. The molecule has 1 N–H and O–H groups in total. The molecular formula is C13H14ClNS. The van der Waals surface area contributed by atoms with Gasteiger partial charge >= 0.3 is 0 Å². The minimum atomic E-state index is 0.842. The van der Waals surface area contributed by atoms with Crippen LogP contribution in [-0.2, 0) is 6.54 Å². The maximum atomic E-state index is 6.17. The highest BCUT2D eigenvalue weighted by molar-refractivity contribution is 7.14. The molecule has 2 aromatic rings. The van der Waals surface area contributed by atoms with Crippen molar-refractivity contribution in [2.45, 2.75) is 13.5 Å². The Bertz CT molecular complexity index is 490. The summed E-state index contributed by atoms with van der Waals surface area (Å²) in [6.07, 6.45) is 0. The van der Waals surface area contributed by atoms with Crippen LogP contribution >= 0.6 is 22.9 Å². The lowest BCUT2D eigenvalue weighted by Crippen LogP contribution is -2.05. The van der Waals surface area contributed by atoms with Crippen LogP contribution in [0.25, 0.3) is 10.4 Å². The molecule has 2 rings (SSSR count). The van der Waals surface area contributed by atoms with Gasteiger partial charge in [0.25, 0.3) is 0 Å². The van der Waals surface area contributed by atoms with E-state index in [0.717, 1.165) is 16.4 Å². The molecule has 0 unspecified atom stereocenters. The summed E-state index contributed by atoms with van der Waals surface area (Å²) in [4.78, 5) is 1.16. The Labute approximate surface area is 105 Å². The van der Waals surface area contributed by atoms with E-state index in [9.17, 15) is 0 Å². The number of halogens is 1. The quantitative estimate of drug-likeness (QED) is 0.866. The van der Waals surface area contributed by atoms with Gasteiger partial charge in [0.1, 0.15) is 0 Å². The second-order valence-corrected chi connectivity index (χ2v) is 5.10. The summed E-state index contributed by atoms with van der Waals surface area (Å²) in [5.41, 5.74) is 3.80. The van der Waals surface area contributed by atoms with E-state index in [1.807, 2.05) is 18.5 Å². The molecule has 0 aliphatic heterocycles. The topological polar surface area (TPSA) is 12.0 Å². The maximum absolute atomic E-state index is 6.17. The van der Waals surface area contributed by atoms with Gasteiger partial charge in [-0.15, -0.1) is 11.3 Å². The minimum Gasteiger partial charge on any atom is -0.316 e. The molecule has 1 aromatic carbocycles. The van der Waals surface area contributed by atoms with Gasteiger partial charge in [-0.05, 0) is 48.2 Å². The van der Waals surface area contributed by atoms with Crippen LogP contribution in [0.3, 0.4) is 0 Å². The van der Waals surface area contributed by atoms with Crippen molar-refractivity contribution in [3.8, 4) is 10.4 Å². The van der Waals surface area contributed by atoms with E-state index in [0.29, 0.717) is 0 Å². The van der Waals surface area contributed by atoms with Gasteiger partial charge in [-0.2, -0.15) is 0 Å². The fourth-order valence-electron chi connectivity index (χ4n) is 1.71. The number of hydrogen-bond acceptors (Lipinski definition) is 2. The van der Waals surface area contributed by atoms with E-state index in [4.69, 9.17) is 11.6 Å².